The molecule has 0 amide bonds. The molecule has 0 saturated carbocycles. The van der Waals surface area contributed by atoms with Crippen molar-refractivity contribution in [3.63, 3.8) is 0 Å². The highest BCUT2D eigenvalue weighted by atomic mass is 79.9. The SMILES string of the molecule is CCNCCCNc1cc(Br)cc(C#N)c1. The fourth-order valence-electron chi connectivity index (χ4n) is 1.38. The summed E-state index contributed by atoms with van der Waals surface area (Å²) in [6.45, 7) is 5.04. The summed E-state index contributed by atoms with van der Waals surface area (Å²) < 4.78 is 0.931. The van der Waals surface area contributed by atoms with Crippen molar-refractivity contribution in [2.75, 3.05) is 25.0 Å². The minimum atomic E-state index is 0.670. The van der Waals surface area contributed by atoms with Crippen LogP contribution in [-0.2, 0) is 0 Å². The third-order valence-corrected chi connectivity index (χ3v) is 2.59. The van der Waals surface area contributed by atoms with Gasteiger partial charge in [-0.25, -0.2) is 0 Å². The molecule has 0 fully saturated rings. The van der Waals surface area contributed by atoms with Crippen molar-refractivity contribution in [3.05, 3.63) is 28.2 Å². The molecule has 3 nitrogen and oxygen atoms in total. The second-order valence-corrected chi connectivity index (χ2v) is 4.39. The molecule has 0 atom stereocenters. The van der Waals surface area contributed by atoms with Crippen LogP contribution < -0.4 is 10.6 Å². The topological polar surface area (TPSA) is 47.8 Å². The molecule has 0 bridgehead atoms. The Morgan fingerprint density at radius 2 is 2.12 bits per heavy atom. The van der Waals surface area contributed by atoms with Gasteiger partial charge in [0.1, 0.15) is 0 Å². The molecule has 16 heavy (non-hydrogen) atoms. The Labute approximate surface area is 105 Å². The fraction of sp³-hybridized carbons (Fsp3) is 0.417. The highest BCUT2D eigenvalue weighted by Gasteiger charge is 1.98. The Bertz CT molecular complexity index is 371. The van der Waals surface area contributed by atoms with Crippen molar-refractivity contribution in [2.45, 2.75) is 13.3 Å². The molecule has 0 radical (unpaired) electrons. The summed E-state index contributed by atoms with van der Waals surface area (Å²) in [6, 6.07) is 7.79. The van der Waals surface area contributed by atoms with Crippen LogP contribution >= 0.6 is 15.9 Å². The predicted octanol–water partition coefficient (Wildman–Crippen LogP) is 2.73. The lowest BCUT2D eigenvalue weighted by Gasteiger charge is -2.07. The Kier molecular flexibility index (Phi) is 5.91. The number of hydrogen-bond acceptors (Lipinski definition) is 3. The Hall–Kier alpha value is -1.05. The molecule has 0 aliphatic rings. The van der Waals surface area contributed by atoms with Crippen LogP contribution in [0.25, 0.3) is 0 Å². The smallest absolute Gasteiger partial charge is 0.0992 e. The lowest BCUT2D eigenvalue weighted by Crippen LogP contribution is -2.17. The van der Waals surface area contributed by atoms with Crippen molar-refractivity contribution >= 4 is 21.6 Å². The van der Waals surface area contributed by atoms with Crippen molar-refractivity contribution in [1.29, 1.82) is 5.26 Å². The van der Waals surface area contributed by atoms with E-state index in [-0.39, 0.29) is 0 Å². The normalized spacial score (nSPS) is 9.81. The van der Waals surface area contributed by atoms with E-state index in [2.05, 4.69) is 39.6 Å². The maximum absolute atomic E-state index is 8.82. The van der Waals surface area contributed by atoms with Gasteiger partial charge in [0.2, 0.25) is 0 Å². The molecule has 1 rings (SSSR count). The van der Waals surface area contributed by atoms with E-state index in [1.165, 1.54) is 0 Å². The van der Waals surface area contributed by atoms with E-state index < -0.39 is 0 Å². The van der Waals surface area contributed by atoms with Crippen LogP contribution in [0.15, 0.2) is 22.7 Å². The number of nitrogens with zero attached hydrogens (tertiary/aromatic N) is 1. The van der Waals surface area contributed by atoms with E-state index in [0.29, 0.717) is 5.56 Å². The summed E-state index contributed by atoms with van der Waals surface area (Å²) in [6.07, 6.45) is 1.07. The van der Waals surface area contributed by atoms with Gasteiger partial charge in [-0.15, -0.1) is 0 Å². The van der Waals surface area contributed by atoms with Crippen molar-refractivity contribution in [3.8, 4) is 6.07 Å². The number of hydrogen-bond donors (Lipinski definition) is 2. The minimum Gasteiger partial charge on any atom is -0.385 e. The second-order valence-electron chi connectivity index (χ2n) is 3.47. The van der Waals surface area contributed by atoms with E-state index in [9.17, 15) is 0 Å². The maximum Gasteiger partial charge on any atom is 0.0992 e. The zero-order valence-electron chi connectivity index (χ0n) is 9.39. The van der Waals surface area contributed by atoms with Gasteiger partial charge in [-0.3, -0.25) is 0 Å². The molecule has 0 aliphatic carbocycles. The highest BCUT2D eigenvalue weighted by molar-refractivity contribution is 9.10. The molecule has 86 valence electrons. The summed E-state index contributed by atoms with van der Waals surface area (Å²) in [7, 11) is 0. The first-order valence-corrected chi connectivity index (χ1v) is 6.21. The van der Waals surface area contributed by atoms with Crippen molar-refractivity contribution in [1.82, 2.24) is 5.32 Å². The van der Waals surface area contributed by atoms with Crippen molar-refractivity contribution in [2.24, 2.45) is 0 Å². The van der Waals surface area contributed by atoms with Crippen LogP contribution in [0.5, 0.6) is 0 Å². The first kappa shape index (κ1) is 13.0. The molecule has 4 heteroatoms. The summed E-state index contributed by atoms with van der Waals surface area (Å²) in [4.78, 5) is 0. The fourth-order valence-corrected chi connectivity index (χ4v) is 1.87. The zero-order valence-corrected chi connectivity index (χ0v) is 11.0. The average Bonchev–Trinajstić information content (AvgIpc) is 2.28. The lowest BCUT2D eigenvalue weighted by atomic mass is 10.2. The molecule has 0 heterocycles. The van der Waals surface area contributed by atoms with Crippen LogP contribution in [0, 0.1) is 11.3 Å². The number of benzene rings is 1. The third-order valence-electron chi connectivity index (χ3n) is 2.14. The van der Waals surface area contributed by atoms with E-state index >= 15 is 0 Å². The molecule has 0 unspecified atom stereocenters. The predicted molar refractivity (Wildman–Crippen MR) is 70.5 cm³/mol. The molecule has 0 aliphatic heterocycles. The number of rotatable bonds is 6. The van der Waals surface area contributed by atoms with Gasteiger partial charge < -0.3 is 10.6 Å². The van der Waals surface area contributed by atoms with Gasteiger partial charge in [0, 0.05) is 16.7 Å². The molecule has 1 aromatic rings. The minimum absolute atomic E-state index is 0.670. The molecular weight excluding hydrogens is 266 g/mol. The van der Waals surface area contributed by atoms with E-state index in [1.54, 1.807) is 0 Å². The Morgan fingerprint density at radius 1 is 1.31 bits per heavy atom. The summed E-state index contributed by atoms with van der Waals surface area (Å²) in [5.41, 5.74) is 1.66. The van der Waals surface area contributed by atoms with Crippen LogP contribution in [-0.4, -0.2) is 19.6 Å². The summed E-state index contributed by atoms with van der Waals surface area (Å²) in [5.74, 6) is 0. The van der Waals surface area contributed by atoms with Gasteiger partial charge >= 0.3 is 0 Å². The Morgan fingerprint density at radius 3 is 2.81 bits per heavy atom. The van der Waals surface area contributed by atoms with Gasteiger partial charge in [-0.1, -0.05) is 22.9 Å². The molecular formula is C12H16BrN3. The maximum atomic E-state index is 8.82. The van der Waals surface area contributed by atoms with Gasteiger partial charge in [0.15, 0.2) is 0 Å². The number of nitriles is 1. The number of halogens is 1. The zero-order chi connectivity index (χ0) is 11.8. The third kappa shape index (κ3) is 4.65. The van der Waals surface area contributed by atoms with Gasteiger partial charge in [0.05, 0.1) is 11.6 Å². The van der Waals surface area contributed by atoms with Gasteiger partial charge in [-0.2, -0.15) is 5.26 Å². The van der Waals surface area contributed by atoms with Crippen LogP contribution in [0.1, 0.15) is 18.9 Å². The monoisotopic (exact) mass is 281 g/mol. The number of anilines is 1. The first-order chi connectivity index (χ1) is 7.76. The summed E-state index contributed by atoms with van der Waals surface area (Å²) >= 11 is 3.38. The van der Waals surface area contributed by atoms with E-state index in [4.69, 9.17) is 5.26 Å². The largest absolute Gasteiger partial charge is 0.385 e. The highest BCUT2D eigenvalue weighted by Crippen LogP contribution is 2.18. The molecule has 0 saturated heterocycles. The van der Waals surface area contributed by atoms with E-state index in [1.807, 2.05) is 18.2 Å². The lowest BCUT2D eigenvalue weighted by molar-refractivity contribution is 0.689. The standard InChI is InChI=1S/C12H16BrN3/c1-2-15-4-3-5-16-12-7-10(9-14)6-11(13)8-12/h6-8,15-16H,2-5H2,1H3. The molecule has 1 aromatic carbocycles. The average molecular weight is 282 g/mol. The first-order valence-electron chi connectivity index (χ1n) is 5.41. The number of nitrogens with one attached hydrogen (secondary N) is 2. The molecule has 2 N–H and O–H groups in total. The molecule has 0 spiro atoms. The van der Waals surface area contributed by atoms with Gasteiger partial charge in [-0.05, 0) is 37.7 Å². The second kappa shape index (κ2) is 7.26. The van der Waals surface area contributed by atoms with Crippen LogP contribution in [0.3, 0.4) is 0 Å². The summed E-state index contributed by atoms with van der Waals surface area (Å²) in [5, 5.41) is 15.4. The van der Waals surface area contributed by atoms with Crippen LogP contribution in [0.4, 0.5) is 5.69 Å². The Balaban J connectivity index is 2.42. The van der Waals surface area contributed by atoms with E-state index in [0.717, 1.165) is 36.2 Å². The van der Waals surface area contributed by atoms with Gasteiger partial charge in [0.25, 0.3) is 0 Å². The van der Waals surface area contributed by atoms with Crippen LogP contribution in [0.2, 0.25) is 0 Å². The quantitative estimate of drug-likeness (QED) is 0.789. The molecule has 0 aromatic heterocycles. The van der Waals surface area contributed by atoms with Crippen molar-refractivity contribution < 1.29 is 0 Å².